The highest BCUT2D eigenvalue weighted by molar-refractivity contribution is 5.87. The van der Waals surface area contributed by atoms with Gasteiger partial charge in [-0.3, -0.25) is 0 Å². The molecule has 0 bridgehead atoms. The molecule has 0 aliphatic heterocycles. The Morgan fingerprint density at radius 3 is 2.55 bits per heavy atom. The summed E-state index contributed by atoms with van der Waals surface area (Å²) in [5, 5.41) is 8.88. The van der Waals surface area contributed by atoms with Gasteiger partial charge in [-0.15, -0.1) is 6.58 Å². The standard InChI is InChI=1S/C17H24O3/c1-2-3-4-5-6-7-8-9-13-20-16-12-10-11-15(14-16)17(18)19/h2,10-12,14H,1,3-9,13H2,(H,18,19). The lowest BCUT2D eigenvalue weighted by Gasteiger charge is -2.06. The van der Waals surface area contributed by atoms with Crippen molar-refractivity contribution in [3.05, 3.63) is 42.5 Å². The molecule has 0 saturated heterocycles. The highest BCUT2D eigenvalue weighted by Crippen LogP contribution is 2.14. The third-order valence-corrected chi connectivity index (χ3v) is 3.15. The van der Waals surface area contributed by atoms with E-state index >= 15 is 0 Å². The fraction of sp³-hybridized carbons (Fsp3) is 0.471. The van der Waals surface area contributed by atoms with Crippen molar-refractivity contribution in [1.82, 2.24) is 0 Å². The summed E-state index contributed by atoms with van der Waals surface area (Å²) < 4.78 is 5.57. The Morgan fingerprint density at radius 2 is 1.85 bits per heavy atom. The average molecular weight is 276 g/mol. The summed E-state index contributed by atoms with van der Waals surface area (Å²) >= 11 is 0. The molecule has 0 heterocycles. The van der Waals surface area contributed by atoms with Crippen LogP contribution in [-0.4, -0.2) is 17.7 Å². The summed E-state index contributed by atoms with van der Waals surface area (Å²) in [6.45, 7) is 4.36. The Hall–Kier alpha value is -1.77. The minimum Gasteiger partial charge on any atom is -0.494 e. The van der Waals surface area contributed by atoms with Crippen LogP contribution in [-0.2, 0) is 0 Å². The maximum absolute atomic E-state index is 10.8. The number of aromatic carboxylic acids is 1. The molecule has 20 heavy (non-hydrogen) atoms. The number of hydrogen-bond acceptors (Lipinski definition) is 2. The van der Waals surface area contributed by atoms with Crippen molar-refractivity contribution in [2.75, 3.05) is 6.61 Å². The number of allylic oxidation sites excluding steroid dienone is 1. The molecule has 0 amide bonds. The van der Waals surface area contributed by atoms with Crippen molar-refractivity contribution >= 4 is 5.97 Å². The largest absolute Gasteiger partial charge is 0.494 e. The molecule has 110 valence electrons. The number of hydrogen-bond donors (Lipinski definition) is 1. The van der Waals surface area contributed by atoms with Gasteiger partial charge in [-0.2, -0.15) is 0 Å². The van der Waals surface area contributed by atoms with Crippen LogP contribution in [0.15, 0.2) is 36.9 Å². The maximum Gasteiger partial charge on any atom is 0.335 e. The third-order valence-electron chi connectivity index (χ3n) is 3.15. The average Bonchev–Trinajstić information content (AvgIpc) is 2.46. The Labute approximate surface area is 121 Å². The van der Waals surface area contributed by atoms with Crippen molar-refractivity contribution in [1.29, 1.82) is 0 Å². The molecule has 3 nitrogen and oxygen atoms in total. The topological polar surface area (TPSA) is 46.5 Å². The number of carboxylic acid groups (broad SMARTS) is 1. The fourth-order valence-corrected chi connectivity index (χ4v) is 2.01. The molecule has 1 aromatic rings. The zero-order chi connectivity index (χ0) is 14.6. The van der Waals surface area contributed by atoms with Gasteiger partial charge in [0, 0.05) is 0 Å². The van der Waals surface area contributed by atoms with Crippen molar-refractivity contribution in [2.45, 2.75) is 44.9 Å². The number of carboxylic acids is 1. The second-order valence-corrected chi connectivity index (χ2v) is 4.88. The van der Waals surface area contributed by atoms with Crippen LogP contribution in [0.3, 0.4) is 0 Å². The molecule has 0 unspecified atom stereocenters. The fourth-order valence-electron chi connectivity index (χ4n) is 2.01. The summed E-state index contributed by atoms with van der Waals surface area (Å²) in [4.78, 5) is 10.8. The maximum atomic E-state index is 10.8. The Kier molecular flexibility index (Phi) is 8.20. The zero-order valence-corrected chi connectivity index (χ0v) is 12.0. The first-order valence-electron chi connectivity index (χ1n) is 7.31. The molecule has 0 radical (unpaired) electrons. The van der Waals surface area contributed by atoms with Crippen LogP contribution in [0.2, 0.25) is 0 Å². The highest BCUT2D eigenvalue weighted by atomic mass is 16.5. The molecular formula is C17H24O3. The van der Waals surface area contributed by atoms with Crippen molar-refractivity contribution in [3.63, 3.8) is 0 Å². The Balaban J connectivity index is 2.08. The summed E-state index contributed by atoms with van der Waals surface area (Å²) in [6, 6.07) is 6.64. The van der Waals surface area contributed by atoms with E-state index in [-0.39, 0.29) is 5.56 Å². The van der Waals surface area contributed by atoms with E-state index in [1.54, 1.807) is 24.3 Å². The van der Waals surface area contributed by atoms with Gasteiger partial charge in [0.2, 0.25) is 0 Å². The minimum absolute atomic E-state index is 0.268. The predicted octanol–water partition coefficient (Wildman–Crippen LogP) is 4.68. The lowest BCUT2D eigenvalue weighted by Crippen LogP contribution is -2.00. The smallest absolute Gasteiger partial charge is 0.335 e. The van der Waals surface area contributed by atoms with Gasteiger partial charge >= 0.3 is 5.97 Å². The lowest BCUT2D eigenvalue weighted by atomic mass is 10.1. The van der Waals surface area contributed by atoms with Crippen LogP contribution < -0.4 is 4.74 Å². The van der Waals surface area contributed by atoms with Gasteiger partial charge in [0.25, 0.3) is 0 Å². The molecule has 1 N–H and O–H groups in total. The minimum atomic E-state index is -0.921. The van der Waals surface area contributed by atoms with Gasteiger partial charge in [-0.25, -0.2) is 4.79 Å². The third kappa shape index (κ3) is 6.98. The molecule has 0 atom stereocenters. The van der Waals surface area contributed by atoms with E-state index in [0.29, 0.717) is 12.4 Å². The molecule has 1 rings (SSSR count). The second kappa shape index (κ2) is 10.1. The van der Waals surface area contributed by atoms with Crippen molar-refractivity contribution in [2.24, 2.45) is 0 Å². The van der Waals surface area contributed by atoms with Crippen molar-refractivity contribution < 1.29 is 14.6 Å². The zero-order valence-electron chi connectivity index (χ0n) is 12.0. The molecule has 0 fully saturated rings. The van der Waals surface area contributed by atoms with E-state index in [0.717, 1.165) is 19.3 Å². The van der Waals surface area contributed by atoms with E-state index in [2.05, 4.69) is 6.58 Å². The first kappa shape index (κ1) is 16.3. The number of rotatable bonds is 11. The molecule has 0 aliphatic rings. The summed E-state index contributed by atoms with van der Waals surface area (Å²) in [6.07, 6.45) is 10.3. The predicted molar refractivity (Wildman–Crippen MR) is 81.4 cm³/mol. The number of carbonyl (C=O) groups is 1. The van der Waals surface area contributed by atoms with E-state index in [9.17, 15) is 4.79 Å². The van der Waals surface area contributed by atoms with Crippen LogP contribution in [0, 0.1) is 0 Å². The molecule has 1 aromatic carbocycles. The summed E-state index contributed by atoms with van der Waals surface area (Å²) in [5.74, 6) is -0.286. The first-order valence-corrected chi connectivity index (χ1v) is 7.31. The van der Waals surface area contributed by atoms with Gasteiger partial charge < -0.3 is 9.84 Å². The summed E-state index contributed by atoms with van der Waals surface area (Å²) in [5.41, 5.74) is 0.268. The molecule has 0 spiro atoms. The van der Waals surface area contributed by atoms with Gasteiger partial charge in [0.05, 0.1) is 12.2 Å². The van der Waals surface area contributed by atoms with Gasteiger partial charge in [0.1, 0.15) is 5.75 Å². The van der Waals surface area contributed by atoms with Gasteiger partial charge in [-0.05, 0) is 37.5 Å². The number of unbranched alkanes of at least 4 members (excludes halogenated alkanes) is 6. The monoisotopic (exact) mass is 276 g/mol. The Bertz CT molecular complexity index is 412. The van der Waals surface area contributed by atoms with Crippen LogP contribution in [0.4, 0.5) is 0 Å². The van der Waals surface area contributed by atoms with Crippen LogP contribution in [0.1, 0.15) is 55.3 Å². The quantitative estimate of drug-likeness (QED) is 0.471. The van der Waals surface area contributed by atoms with E-state index in [4.69, 9.17) is 9.84 Å². The summed E-state index contributed by atoms with van der Waals surface area (Å²) in [7, 11) is 0. The molecular weight excluding hydrogens is 252 g/mol. The number of benzene rings is 1. The molecule has 3 heteroatoms. The SMILES string of the molecule is C=CCCCCCCCCOc1cccc(C(=O)O)c1. The highest BCUT2D eigenvalue weighted by Gasteiger charge is 2.03. The molecule has 0 aliphatic carbocycles. The van der Waals surface area contributed by atoms with Crippen LogP contribution in [0.5, 0.6) is 5.75 Å². The lowest BCUT2D eigenvalue weighted by molar-refractivity contribution is 0.0696. The number of ether oxygens (including phenoxy) is 1. The van der Waals surface area contributed by atoms with E-state index in [1.165, 1.54) is 25.7 Å². The van der Waals surface area contributed by atoms with Crippen LogP contribution in [0.25, 0.3) is 0 Å². The molecule has 0 aromatic heterocycles. The molecule has 0 saturated carbocycles. The second-order valence-electron chi connectivity index (χ2n) is 4.88. The van der Waals surface area contributed by atoms with E-state index in [1.807, 2.05) is 6.08 Å². The Morgan fingerprint density at radius 1 is 1.15 bits per heavy atom. The first-order chi connectivity index (χ1) is 9.74. The van der Waals surface area contributed by atoms with Gasteiger partial charge in [-0.1, -0.05) is 37.8 Å². The van der Waals surface area contributed by atoms with Crippen LogP contribution >= 0.6 is 0 Å². The van der Waals surface area contributed by atoms with Crippen molar-refractivity contribution in [3.8, 4) is 5.75 Å². The normalized spacial score (nSPS) is 10.2. The van der Waals surface area contributed by atoms with Gasteiger partial charge in [0.15, 0.2) is 0 Å². The van der Waals surface area contributed by atoms with E-state index < -0.39 is 5.97 Å².